The van der Waals surface area contributed by atoms with Crippen LogP contribution in [0.3, 0.4) is 0 Å². The Balaban J connectivity index is 2.01. The van der Waals surface area contributed by atoms with Crippen LogP contribution in [0.2, 0.25) is 0 Å². The molecule has 5 N–H and O–H groups in total. The molecule has 0 saturated heterocycles. The number of phenolic OH excluding ortho intramolecular Hbond substituents is 1. The molecule has 0 bridgehead atoms. The van der Waals surface area contributed by atoms with Gasteiger partial charge in [0.05, 0.1) is 18.6 Å². The van der Waals surface area contributed by atoms with E-state index in [1.165, 1.54) is 24.3 Å². The predicted octanol–water partition coefficient (Wildman–Crippen LogP) is 3.04. The van der Waals surface area contributed by atoms with Crippen molar-refractivity contribution in [2.75, 3.05) is 6.67 Å². The van der Waals surface area contributed by atoms with Crippen LogP contribution in [-0.4, -0.2) is 51.2 Å². The molecule has 0 saturated carbocycles. The smallest absolute Gasteiger partial charge is 0.365 e. The Hall–Kier alpha value is -3.34. The first-order valence-corrected chi connectivity index (χ1v) is 12.8. The lowest BCUT2D eigenvalue weighted by Crippen LogP contribution is -2.47. The molecule has 3 atom stereocenters. The summed E-state index contributed by atoms with van der Waals surface area (Å²) in [7, 11) is -3.28. The number of unbranched alkanes of at least 4 members (excludes halogenated alkanes) is 2. The standard InChI is InChI=1S/C23H32N3O9P/c1-3-5-6-7-18(19(4-2)26(31)14-27)22(29)24-13-25-23(30)21-9-8-20(34-21)15-10-16(28)12-17(11-15)35-36(32)33/h8-12,14,18-19,28,31,36H,3-7,13H2,1-2H3,(H,24,29)(H,25,30)(H,32,33)/t18-,19-/m1/s1. The molecule has 0 aliphatic rings. The van der Waals surface area contributed by atoms with E-state index in [2.05, 4.69) is 10.6 Å². The van der Waals surface area contributed by atoms with Gasteiger partial charge in [-0.1, -0.05) is 33.1 Å². The molecule has 198 valence electrons. The Morgan fingerprint density at radius 3 is 2.58 bits per heavy atom. The van der Waals surface area contributed by atoms with Gasteiger partial charge in [0.1, 0.15) is 17.3 Å². The number of furan rings is 1. The van der Waals surface area contributed by atoms with Crippen LogP contribution in [-0.2, 0) is 14.2 Å². The van der Waals surface area contributed by atoms with E-state index in [9.17, 15) is 29.3 Å². The number of hydrogen-bond acceptors (Lipinski definition) is 8. The van der Waals surface area contributed by atoms with Gasteiger partial charge in [0, 0.05) is 11.6 Å². The van der Waals surface area contributed by atoms with Gasteiger partial charge in [-0.05, 0) is 37.1 Å². The summed E-state index contributed by atoms with van der Waals surface area (Å²) in [5.41, 5.74) is 0.310. The number of nitrogens with one attached hydrogen (secondary N) is 2. The summed E-state index contributed by atoms with van der Waals surface area (Å²) >= 11 is 0. The second-order valence-electron chi connectivity index (χ2n) is 8.03. The molecule has 1 aromatic carbocycles. The molecule has 1 unspecified atom stereocenters. The first-order chi connectivity index (χ1) is 17.2. The van der Waals surface area contributed by atoms with E-state index >= 15 is 0 Å². The summed E-state index contributed by atoms with van der Waals surface area (Å²) in [5.74, 6) is -1.84. The fourth-order valence-electron chi connectivity index (χ4n) is 3.78. The van der Waals surface area contributed by atoms with Gasteiger partial charge in [-0.25, -0.2) is 9.63 Å². The van der Waals surface area contributed by atoms with Gasteiger partial charge in [0.2, 0.25) is 12.3 Å². The highest BCUT2D eigenvalue weighted by Gasteiger charge is 2.30. The van der Waals surface area contributed by atoms with Crippen molar-refractivity contribution in [1.82, 2.24) is 15.7 Å². The van der Waals surface area contributed by atoms with Crippen molar-refractivity contribution < 1.29 is 43.1 Å². The van der Waals surface area contributed by atoms with Crippen molar-refractivity contribution >= 4 is 26.5 Å². The highest BCUT2D eigenvalue weighted by molar-refractivity contribution is 7.32. The molecular formula is C23H32N3O9P. The summed E-state index contributed by atoms with van der Waals surface area (Å²) in [6, 6.07) is 6.02. The molecule has 0 aliphatic carbocycles. The van der Waals surface area contributed by atoms with Crippen LogP contribution in [0, 0.1) is 5.92 Å². The van der Waals surface area contributed by atoms with E-state index in [0.717, 1.165) is 25.3 Å². The minimum atomic E-state index is -3.28. The maximum Gasteiger partial charge on any atom is 0.365 e. The lowest BCUT2D eigenvalue weighted by atomic mass is 9.90. The monoisotopic (exact) mass is 525 g/mol. The van der Waals surface area contributed by atoms with Crippen LogP contribution in [0.25, 0.3) is 11.3 Å². The van der Waals surface area contributed by atoms with Crippen molar-refractivity contribution in [3.63, 3.8) is 0 Å². The summed E-state index contributed by atoms with van der Waals surface area (Å²) in [6.07, 6.45) is 3.71. The topological polar surface area (TPSA) is 179 Å². The molecule has 3 amide bonds. The Bertz CT molecular complexity index is 1060. The van der Waals surface area contributed by atoms with Crippen LogP contribution < -0.4 is 15.2 Å². The average molecular weight is 525 g/mol. The van der Waals surface area contributed by atoms with E-state index in [4.69, 9.17) is 13.8 Å². The number of benzene rings is 1. The molecule has 0 radical (unpaired) electrons. The minimum absolute atomic E-state index is 0.0450. The number of rotatable bonds is 15. The SMILES string of the molecule is CCCCC[C@@H](C(=O)NCNC(=O)c1ccc(-c2cc(O)cc(O[PH](=O)O)c2)o1)[C@@H](CC)N(O)C=O. The zero-order chi connectivity index (χ0) is 26.7. The molecule has 1 aromatic heterocycles. The number of carbonyl (C=O) groups is 3. The Morgan fingerprint density at radius 1 is 1.19 bits per heavy atom. The molecule has 0 aliphatic heterocycles. The zero-order valence-electron chi connectivity index (χ0n) is 20.1. The minimum Gasteiger partial charge on any atom is -0.508 e. The fraction of sp³-hybridized carbons (Fsp3) is 0.435. The van der Waals surface area contributed by atoms with Gasteiger partial charge in [-0.2, -0.15) is 0 Å². The van der Waals surface area contributed by atoms with Gasteiger partial charge in [0.25, 0.3) is 5.91 Å². The number of hydroxylamine groups is 2. The Labute approximate surface area is 209 Å². The molecule has 36 heavy (non-hydrogen) atoms. The van der Waals surface area contributed by atoms with E-state index < -0.39 is 32.0 Å². The average Bonchev–Trinajstić information content (AvgIpc) is 3.33. The third-order valence-electron chi connectivity index (χ3n) is 5.51. The van der Waals surface area contributed by atoms with Crippen molar-refractivity contribution in [2.45, 2.75) is 52.0 Å². The number of carbonyl (C=O) groups excluding carboxylic acids is 3. The van der Waals surface area contributed by atoms with Crippen LogP contribution >= 0.6 is 8.25 Å². The van der Waals surface area contributed by atoms with E-state index in [1.54, 1.807) is 6.92 Å². The van der Waals surface area contributed by atoms with Crippen LogP contribution in [0.5, 0.6) is 11.5 Å². The van der Waals surface area contributed by atoms with Gasteiger partial charge < -0.3 is 29.6 Å². The van der Waals surface area contributed by atoms with Gasteiger partial charge in [-0.15, -0.1) is 0 Å². The van der Waals surface area contributed by atoms with Gasteiger partial charge in [-0.3, -0.25) is 19.6 Å². The fourth-order valence-corrected chi connectivity index (χ4v) is 4.10. The summed E-state index contributed by atoms with van der Waals surface area (Å²) < 4.78 is 21.2. The second-order valence-corrected chi connectivity index (χ2v) is 8.77. The lowest BCUT2D eigenvalue weighted by molar-refractivity contribution is -0.168. The summed E-state index contributed by atoms with van der Waals surface area (Å²) in [5, 5.41) is 25.3. The number of amides is 3. The van der Waals surface area contributed by atoms with Crippen molar-refractivity contribution in [2.24, 2.45) is 5.92 Å². The predicted molar refractivity (Wildman–Crippen MR) is 130 cm³/mol. The molecule has 0 fully saturated rings. The second kappa shape index (κ2) is 14.3. The van der Waals surface area contributed by atoms with Crippen molar-refractivity contribution in [3.8, 4) is 22.8 Å². The van der Waals surface area contributed by atoms with E-state index in [-0.39, 0.29) is 36.1 Å². The molecule has 12 nitrogen and oxygen atoms in total. The summed E-state index contributed by atoms with van der Waals surface area (Å²) in [6.45, 7) is 3.58. The third-order valence-corrected chi connectivity index (χ3v) is 5.92. The molecule has 1 heterocycles. The molecular weight excluding hydrogens is 493 g/mol. The maximum atomic E-state index is 12.8. The first-order valence-electron chi connectivity index (χ1n) is 11.5. The molecule has 13 heteroatoms. The first kappa shape index (κ1) is 28.9. The summed E-state index contributed by atoms with van der Waals surface area (Å²) in [4.78, 5) is 45.3. The number of aromatic hydroxyl groups is 1. The van der Waals surface area contributed by atoms with Crippen LogP contribution in [0.1, 0.15) is 56.5 Å². The molecule has 0 spiro atoms. The zero-order valence-corrected chi connectivity index (χ0v) is 21.1. The van der Waals surface area contributed by atoms with Crippen LogP contribution in [0.15, 0.2) is 34.7 Å². The van der Waals surface area contributed by atoms with Gasteiger partial charge >= 0.3 is 8.25 Å². The highest BCUT2D eigenvalue weighted by Crippen LogP contribution is 2.33. The van der Waals surface area contributed by atoms with Crippen molar-refractivity contribution in [3.05, 3.63) is 36.1 Å². The molecule has 2 rings (SSSR count). The number of phenols is 1. The third kappa shape index (κ3) is 8.40. The lowest BCUT2D eigenvalue weighted by Gasteiger charge is -2.29. The number of nitrogens with zero attached hydrogens (tertiary/aromatic N) is 1. The number of hydrogen-bond donors (Lipinski definition) is 5. The maximum absolute atomic E-state index is 12.8. The largest absolute Gasteiger partial charge is 0.508 e. The normalized spacial score (nSPS) is 13.3. The van der Waals surface area contributed by atoms with Crippen LogP contribution in [0.4, 0.5) is 0 Å². The molecule has 2 aromatic rings. The Morgan fingerprint density at radius 2 is 1.94 bits per heavy atom. The van der Waals surface area contributed by atoms with E-state index in [0.29, 0.717) is 23.5 Å². The van der Waals surface area contributed by atoms with Crippen molar-refractivity contribution in [1.29, 1.82) is 0 Å². The van der Waals surface area contributed by atoms with E-state index in [1.807, 2.05) is 6.92 Å². The highest BCUT2D eigenvalue weighted by atomic mass is 31.1. The quantitative estimate of drug-likeness (QED) is 0.0583. The van der Waals surface area contributed by atoms with Gasteiger partial charge in [0.15, 0.2) is 5.76 Å². The Kier molecular flexibility index (Phi) is 11.5.